The Kier molecular flexibility index (Phi) is 3.58. The molecule has 1 aliphatic heterocycles. The number of hydrogen-bond donors (Lipinski definition) is 2. The van der Waals surface area contributed by atoms with E-state index in [-0.39, 0.29) is 18.6 Å². The van der Waals surface area contributed by atoms with Gasteiger partial charge in [0.2, 0.25) is 10.0 Å². The number of rotatable bonds is 3. The lowest BCUT2D eigenvalue weighted by Crippen LogP contribution is -2.32. The Hall–Kier alpha value is -0.950. The summed E-state index contributed by atoms with van der Waals surface area (Å²) in [6.07, 6.45) is 1.35. The van der Waals surface area contributed by atoms with Crippen LogP contribution in [0.2, 0.25) is 0 Å². The minimum Gasteiger partial charge on any atom is -0.393 e. The molecule has 1 saturated carbocycles. The van der Waals surface area contributed by atoms with E-state index >= 15 is 0 Å². The van der Waals surface area contributed by atoms with Crippen molar-refractivity contribution in [2.24, 2.45) is 17.6 Å². The fourth-order valence-corrected chi connectivity index (χ4v) is 5.22. The summed E-state index contributed by atoms with van der Waals surface area (Å²) in [7, 11) is -3.50. The number of benzene rings is 1. The van der Waals surface area contributed by atoms with Crippen molar-refractivity contribution in [2.45, 2.75) is 30.4 Å². The third-order valence-electron chi connectivity index (χ3n) is 4.60. The van der Waals surface area contributed by atoms with Gasteiger partial charge in [-0.25, -0.2) is 8.42 Å². The molecule has 1 saturated heterocycles. The van der Waals surface area contributed by atoms with Gasteiger partial charge in [-0.15, -0.1) is 0 Å². The molecule has 0 aromatic heterocycles. The van der Waals surface area contributed by atoms with Crippen molar-refractivity contribution in [3.05, 3.63) is 29.8 Å². The van der Waals surface area contributed by atoms with Crippen LogP contribution in [0.3, 0.4) is 0 Å². The van der Waals surface area contributed by atoms with Crippen LogP contribution < -0.4 is 5.73 Å². The molecule has 20 heavy (non-hydrogen) atoms. The Balaban J connectivity index is 1.90. The van der Waals surface area contributed by atoms with E-state index in [4.69, 9.17) is 5.73 Å². The lowest BCUT2D eigenvalue weighted by Gasteiger charge is -2.19. The molecule has 2 fully saturated rings. The van der Waals surface area contributed by atoms with Crippen LogP contribution in [0.5, 0.6) is 0 Å². The van der Waals surface area contributed by atoms with Crippen LogP contribution in [-0.2, 0) is 16.6 Å². The maximum atomic E-state index is 12.7. The molecule has 1 aliphatic carbocycles. The van der Waals surface area contributed by atoms with Gasteiger partial charge in [0.05, 0.1) is 11.0 Å². The largest absolute Gasteiger partial charge is 0.393 e. The molecule has 0 radical (unpaired) electrons. The van der Waals surface area contributed by atoms with Crippen LogP contribution in [0.15, 0.2) is 29.2 Å². The summed E-state index contributed by atoms with van der Waals surface area (Å²) < 4.78 is 27.0. The summed E-state index contributed by atoms with van der Waals surface area (Å²) in [5.41, 5.74) is 6.28. The number of nitrogens with two attached hydrogens (primary N) is 1. The zero-order chi connectivity index (χ0) is 14.3. The molecule has 1 aromatic carbocycles. The van der Waals surface area contributed by atoms with E-state index in [2.05, 4.69) is 0 Å². The van der Waals surface area contributed by atoms with Gasteiger partial charge in [0.15, 0.2) is 0 Å². The molecule has 3 atom stereocenters. The van der Waals surface area contributed by atoms with Crippen LogP contribution >= 0.6 is 0 Å². The molecule has 110 valence electrons. The molecule has 0 amide bonds. The van der Waals surface area contributed by atoms with Crippen molar-refractivity contribution >= 4 is 10.0 Å². The van der Waals surface area contributed by atoms with Gasteiger partial charge in [0, 0.05) is 25.6 Å². The number of fused-ring (bicyclic) bond motifs is 1. The second-order valence-corrected chi connectivity index (χ2v) is 7.61. The summed E-state index contributed by atoms with van der Waals surface area (Å²) >= 11 is 0. The van der Waals surface area contributed by atoms with Crippen molar-refractivity contribution in [2.75, 3.05) is 13.1 Å². The summed E-state index contributed by atoms with van der Waals surface area (Å²) in [5, 5.41) is 9.91. The molecule has 3 N–H and O–H groups in total. The number of nitrogens with zero attached hydrogens (tertiary/aromatic N) is 1. The fraction of sp³-hybridized carbons (Fsp3) is 0.571. The maximum Gasteiger partial charge on any atom is 0.243 e. The van der Waals surface area contributed by atoms with E-state index in [1.54, 1.807) is 24.3 Å². The normalized spacial score (nSPS) is 30.6. The van der Waals surface area contributed by atoms with Crippen LogP contribution in [0.4, 0.5) is 0 Å². The lowest BCUT2D eigenvalue weighted by molar-refractivity contribution is 0.129. The highest BCUT2D eigenvalue weighted by Crippen LogP contribution is 2.40. The third-order valence-corrected chi connectivity index (χ3v) is 6.53. The number of aliphatic hydroxyl groups excluding tert-OH is 1. The van der Waals surface area contributed by atoms with Crippen molar-refractivity contribution < 1.29 is 13.5 Å². The molecule has 2 aliphatic rings. The topological polar surface area (TPSA) is 83.6 Å². The first-order chi connectivity index (χ1) is 9.54. The van der Waals surface area contributed by atoms with Gasteiger partial charge < -0.3 is 10.8 Å². The number of hydrogen-bond acceptors (Lipinski definition) is 4. The Morgan fingerprint density at radius 2 is 2.00 bits per heavy atom. The van der Waals surface area contributed by atoms with E-state index < -0.39 is 10.0 Å². The Labute approximate surface area is 119 Å². The minimum absolute atomic E-state index is 0.0924. The Morgan fingerprint density at radius 1 is 1.25 bits per heavy atom. The van der Waals surface area contributed by atoms with Crippen molar-refractivity contribution in [1.82, 2.24) is 4.31 Å². The summed E-state index contributed by atoms with van der Waals surface area (Å²) in [6.45, 7) is 1.15. The highest BCUT2D eigenvalue weighted by molar-refractivity contribution is 7.89. The van der Waals surface area contributed by atoms with Gasteiger partial charge >= 0.3 is 0 Å². The average Bonchev–Trinajstić information content (AvgIpc) is 3.02. The minimum atomic E-state index is -3.50. The highest BCUT2D eigenvalue weighted by Gasteiger charge is 2.45. The molecule has 0 spiro atoms. The molecule has 3 rings (SSSR count). The second kappa shape index (κ2) is 5.11. The van der Waals surface area contributed by atoms with E-state index in [9.17, 15) is 13.5 Å². The SMILES string of the molecule is NCc1ccccc1S(=O)(=O)N1CC2CCC(O)C2C1. The molecule has 3 unspecified atom stereocenters. The van der Waals surface area contributed by atoms with E-state index in [1.165, 1.54) is 4.31 Å². The van der Waals surface area contributed by atoms with Gasteiger partial charge in [-0.2, -0.15) is 4.31 Å². The van der Waals surface area contributed by atoms with Crippen molar-refractivity contribution in [3.8, 4) is 0 Å². The third kappa shape index (κ3) is 2.16. The van der Waals surface area contributed by atoms with Crippen LogP contribution in [0, 0.1) is 11.8 Å². The van der Waals surface area contributed by atoms with Gasteiger partial charge in [-0.05, 0) is 30.4 Å². The zero-order valence-corrected chi connectivity index (χ0v) is 12.1. The van der Waals surface area contributed by atoms with E-state index in [0.717, 1.165) is 12.8 Å². The fourth-order valence-electron chi connectivity index (χ4n) is 3.46. The first-order valence-corrected chi connectivity index (χ1v) is 8.44. The Bertz CT molecular complexity index is 602. The predicted octanol–water partition coefficient (Wildman–Crippen LogP) is 0.537. The molecule has 1 heterocycles. The Morgan fingerprint density at radius 3 is 2.70 bits per heavy atom. The van der Waals surface area contributed by atoms with Gasteiger partial charge in [0.25, 0.3) is 0 Å². The summed E-state index contributed by atoms with van der Waals surface area (Å²) in [4.78, 5) is 0.303. The summed E-state index contributed by atoms with van der Waals surface area (Å²) in [6, 6.07) is 6.88. The van der Waals surface area contributed by atoms with Crippen LogP contribution in [-0.4, -0.2) is 37.0 Å². The smallest absolute Gasteiger partial charge is 0.243 e. The van der Waals surface area contributed by atoms with Gasteiger partial charge in [-0.3, -0.25) is 0 Å². The van der Waals surface area contributed by atoms with E-state index in [1.807, 2.05) is 0 Å². The highest BCUT2D eigenvalue weighted by atomic mass is 32.2. The average molecular weight is 296 g/mol. The van der Waals surface area contributed by atoms with Crippen LogP contribution in [0.25, 0.3) is 0 Å². The molecule has 6 heteroatoms. The van der Waals surface area contributed by atoms with Gasteiger partial charge in [-0.1, -0.05) is 18.2 Å². The van der Waals surface area contributed by atoms with Crippen molar-refractivity contribution in [3.63, 3.8) is 0 Å². The molecule has 1 aromatic rings. The van der Waals surface area contributed by atoms with Gasteiger partial charge in [0.1, 0.15) is 0 Å². The quantitative estimate of drug-likeness (QED) is 0.852. The molecule has 5 nitrogen and oxygen atoms in total. The standard InChI is InChI=1S/C14H20N2O3S/c15-7-10-3-1-2-4-14(10)20(18,19)16-8-11-5-6-13(17)12(11)9-16/h1-4,11-13,17H,5-9,15H2. The predicted molar refractivity (Wildman–Crippen MR) is 75.3 cm³/mol. The monoisotopic (exact) mass is 296 g/mol. The summed E-state index contributed by atoms with van der Waals surface area (Å²) in [5.74, 6) is 0.389. The van der Waals surface area contributed by atoms with Crippen molar-refractivity contribution in [1.29, 1.82) is 0 Å². The molecule has 0 bridgehead atoms. The molecular weight excluding hydrogens is 276 g/mol. The lowest BCUT2D eigenvalue weighted by atomic mass is 10.00. The first kappa shape index (κ1) is 14.0. The number of sulfonamides is 1. The second-order valence-electron chi connectivity index (χ2n) is 5.70. The van der Waals surface area contributed by atoms with Crippen LogP contribution in [0.1, 0.15) is 18.4 Å². The first-order valence-electron chi connectivity index (χ1n) is 7.00. The van der Waals surface area contributed by atoms with E-state index in [0.29, 0.717) is 29.5 Å². The number of aliphatic hydroxyl groups is 1. The molecular formula is C14H20N2O3S. The zero-order valence-electron chi connectivity index (χ0n) is 11.3. The maximum absolute atomic E-state index is 12.7.